The molecule has 8 heteroatoms. The Balaban J connectivity index is 1.64. The molecule has 27 heavy (non-hydrogen) atoms. The lowest BCUT2D eigenvalue weighted by atomic mass is 9.86. The fourth-order valence-electron chi connectivity index (χ4n) is 3.65. The van der Waals surface area contributed by atoms with Gasteiger partial charge in [-0.15, -0.1) is 0 Å². The number of hydrogen-bond donors (Lipinski definition) is 0. The van der Waals surface area contributed by atoms with E-state index in [0.717, 1.165) is 30.8 Å². The Labute approximate surface area is 154 Å². The predicted molar refractivity (Wildman–Crippen MR) is 91.4 cm³/mol. The largest absolute Gasteiger partial charge is 0.462 e. The first-order chi connectivity index (χ1) is 12.8. The second-order valence-corrected chi connectivity index (χ2v) is 7.00. The summed E-state index contributed by atoms with van der Waals surface area (Å²) in [5.41, 5.74) is 1.73. The Bertz CT molecular complexity index is 877. The van der Waals surface area contributed by atoms with Crippen LogP contribution in [0.2, 0.25) is 0 Å². The molecule has 0 bridgehead atoms. The highest BCUT2D eigenvalue weighted by molar-refractivity contribution is 5.89. The molecule has 5 nitrogen and oxygen atoms in total. The summed E-state index contributed by atoms with van der Waals surface area (Å²) in [6.45, 7) is 3.14. The van der Waals surface area contributed by atoms with Crippen LogP contribution in [0.15, 0.2) is 30.6 Å². The molecule has 0 N–H and O–H groups in total. The summed E-state index contributed by atoms with van der Waals surface area (Å²) in [4.78, 5) is 21.8. The van der Waals surface area contributed by atoms with Gasteiger partial charge in [-0.1, -0.05) is 6.07 Å². The van der Waals surface area contributed by atoms with Gasteiger partial charge in [0.15, 0.2) is 0 Å². The van der Waals surface area contributed by atoms with Crippen molar-refractivity contribution < 1.29 is 22.7 Å². The number of carbonyl (C=O) groups excluding carboxylic acids is 1. The molecule has 0 unspecified atom stereocenters. The van der Waals surface area contributed by atoms with Gasteiger partial charge in [-0.25, -0.2) is 14.8 Å². The third-order valence-corrected chi connectivity index (χ3v) is 5.14. The normalized spacial score (nSPS) is 17.6. The first-order valence-electron chi connectivity index (χ1n) is 8.77. The number of aromatic nitrogens is 2. The van der Waals surface area contributed by atoms with Crippen LogP contribution in [0, 0.1) is 0 Å². The second-order valence-electron chi connectivity index (χ2n) is 7.00. The number of esters is 1. The van der Waals surface area contributed by atoms with Crippen molar-refractivity contribution in [3.63, 3.8) is 0 Å². The van der Waals surface area contributed by atoms with E-state index in [-0.39, 0.29) is 17.3 Å². The number of hydrogen-bond acceptors (Lipinski definition) is 5. The molecule has 0 amide bonds. The zero-order valence-corrected chi connectivity index (χ0v) is 14.7. The van der Waals surface area contributed by atoms with Crippen LogP contribution in [0.1, 0.15) is 46.8 Å². The summed E-state index contributed by atoms with van der Waals surface area (Å²) in [7, 11) is 0. The number of rotatable bonds is 3. The highest BCUT2D eigenvalue weighted by Gasteiger charge is 2.49. The third kappa shape index (κ3) is 3.24. The number of benzene rings is 1. The molecular formula is C19H18F3N3O2. The zero-order valence-electron chi connectivity index (χ0n) is 14.7. The molecule has 2 heterocycles. The highest BCUT2D eigenvalue weighted by atomic mass is 19.4. The summed E-state index contributed by atoms with van der Waals surface area (Å²) in [6.07, 6.45) is -0.843. The quantitative estimate of drug-likeness (QED) is 0.763. The van der Waals surface area contributed by atoms with Crippen molar-refractivity contribution in [1.29, 1.82) is 0 Å². The van der Waals surface area contributed by atoms with Crippen molar-refractivity contribution in [2.45, 2.75) is 37.9 Å². The van der Waals surface area contributed by atoms with E-state index < -0.39 is 11.7 Å². The lowest BCUT2D eigenvalue weighted by molar-refractivity contribution is -0.138. The summed E-state index contributed by atoms with van der Waals surface area (Å²) in [6, 6.07) is 5.56. The molecular weight excluding hydrogens is 359 g/mol. The van der Waals surface area contributed by atoms with E-state index in [4.69, 9.17) is 4.74 Å². The van der Waals surface area contributed by atoms with E-state index in [9.17, 15) is 18.0 Å². The standard InChI is InChI=1S/C19H18F3N3O2/c1-2-27-16(26)12-3-4-15-13(7-12)10-25(11-18(15)5-6-18)17-23-8-14(9-24-17)19(20,21)22/h3-4,7-9H,2,5-6,10-11H2,1H3. The number of alkyl halides is 3. The average Bonchev–Trinajstić information content (AvgIpc) is 3.40. The van der Waals surface area contributed by atoms with Crippen LogP contribution in [0.25, 0.3) is 0 Å². The van der Waals surface area contributed by atoms with Crippen LogP contribution in [-0.2, 0) is 22.9 Å². The molecule has 1 aliphatic carbocycles. The number of carbonyl (C=O) groups is 1. The van der Waals surface area contributed by atoms with Crippen molar-refractivity contribution in [2.24, 2.45) is 0 Å². The van der Waals surface area contributed by atoms with E-state index in [1.54, 1.807) is 13.0 Å². The Morgan fingerprint density at radius 3 is 2.56 bits per heavy atom. The van der Waals surface area contributed by atoms with Gasteiger partial charge in [0.1, 0.15) is 0 Å². The molecule has 4 rings (SSSR count). The molecule has 142 valence electrons. The van der Waals surface area contributed by atoms with Crippen LogP contribution in [0.3, 0.4) is 0 Å². The topological polar surface area (TPSA) is 55.3 Å². The van der Waals surface area contributed by atoms with Crippen LogP contribution in [-0.4, -0.2) is 29.1 Å². The van der Waals surface area contributed by atoms with Gasteiger partial charge >= 0.3 is 12.1 Å². The van der Waals surface area contributed by atoms with E-state index in [1.165, 1.54) is 5.56 Å². The van der Waals surface area contributed by atoms with Crippen molar-refractivity contribution >= 4 is 11.9 Å². The minimum Gasteiger partial charge on any atom is -0.462 e. The summed E-state index contributed by atoms with van der Waals surface area (Å²) < 4.78 is 43.3. The number of nitrogens with zero attached hydrogens (tertiary/aromatic N) is 3. The Morgan fingerprint density at radius 2 is 1.96 bits per heavy atom. The van der Waals surface area contributed by atoms with Crippen LogP contribution in [0.5, 0.6) is 0 Å². The number of ether oxygens (including phenoxy) is 1. The van der Waals surface area contributed by atoms with Gasteiger partial charge in [0.2, 0.25) is 5.95 Å². The first-order valence-corrected chi connectivity index (χ1v) is 8.77. The van der Waals surface area contributed by atoms with Gasteiger partial charge in [-0.2, -0.15) is 13.2 Å². The van der Waals surface area contributed by atoms with Crippen LogP contribution >= 0.6 is 0 Å². The van der Waals surface area contributed by atoms with E-state index in [2.05, 4.69) is 9.97 Å². The van der Waals surface area contributed by atoms with Crippen molar-refractivity contribution in [3.8, 4) is 0 Å². The predicted octanol–water partition coefficient (Wildman–Crippen LogP) is 3.72. The number of halogens is 3. The maximum absolute atomic E-state index is 12.7. The number of anilines is 1. The SMILES string of the molecule is CCOC(=O)c1ccc2c(c1)CN(c1ncc(C(F)(F)F)cn1)CC21CC1. The molecule has 1 aromatic carbocycles. The zero-order chi connectivity index (χ0) is 19.2. The third-order valence-electron chi connectivity index (χ3n) is 5.14. The highest BCUT2D eigenvalue weighted by Crippen LogP contribution is 2.52. The Morgan fingerprint density at radius 1 is 1.26 bits per heavy atom. The Hall–Kier alpha value is -2.64. The smallest absolute Gasteiger partial charge is 0.419 e. The molecule has 0 radical (unpaired) electrons. The fraction of sp³-hybridized carbons (Fsp3) is 0.421. The molecule has 0 atom stereocenters. The van der Waals surface area contributed by atoms with Crippen molar-refractivity contribution in [2.75, 3.05) is 18.1 Å². The van der Waals surface area contributed by atoms with Gasteiger partial charge in [0, 0.05) is 30.9 Å². The van der Waals surface area contributed by atoms with Crippen molar-refractivity contribution in [1.82, 2.24) is 9.97 Å². The monoisotopic (exact) mass is 377 g/mol. The summed E-state index contributed by atoms with van der Waals surface area (Å²) >= 11 is 0. The molecule has 1 saturated carbocycles. The van der Waals surface area contributed by atoms with Gasteiger partial charge in [0.25, 0.3) is 0 Å². The fourth-order valence-corrected chi connectivity index (χ4v) is 3.65. The molecule has 1 spiro atoms. The van der Waals surface area contributed by atoms with Crippen LogP contribution < -0.4 is 4.90 Å². The van der Waals surface area contributed by atoms with Gasteiger partial charge in [-0.3, -0.25) is 0 Å². The van der Waals surface area contributed by atoms with Gasteiger partial charge in [-0.05, 0) is 43.0 Å². The first kappa shape index (κ1) is 17.8. The molecule has 1 aromatic heterocycles. The second kappa shape index (κ2) is 6.21. The van der Waals surface area contributed by atoms with E-state index >= 15 is 0 Å². The van der Waals surface area contributed by atoms with Crippen LogP contribution in [0.4, 0.5) is 19.1 Å². The average molecular weight is 377 g/mol. The molecule has 2 aromatic rings. The van der Waals surface area contributed by atoms with E-state index in [0.29, 0.717) is 25.3 Å². The minimum atomic E-state index is -4.46. The maximum atomic E-state index is 12.7. The lowest BCUT2D eigenvalue weighted by Crippen LogP contribution is -2.39. The molecule has 1 aliphatic heterocycles. The molecule has 2 aliphatic rings. The van der Waals surface area contributed by atoms with Gasteiger partial charge < -0.3 is 9.64 Å². The van der Waals surface area contributed by atoms with Crippen molar-refractivity contribution in [3.05, 3.63) is 52.8 Å². The lowest BCUT2D eigenvalue weighted by Gasteiger charge is -2.35. The van der Waals surface area contributed by atoms with Gasteiger partial charge in [0.05, 0.1) is 17.7 Å². The Kier molecular flexibility index (Phi) is 4.09. The molecule has 0 saturated heterocycles. The summed E-state index contributed by atoms with van der Waals surface area (Å²) in [5.74, 6) is -0.116. The minimum absolute atomic E-state index is 0.0349. The molecule has 1 fully saturated rings. The van der Waals surface area contributed by atoms with E-state index in [1.807, 2.05) is 17.0 Å². The number of fused-ring (bicyclic) bond motifs is 2. The summed E-state index contributed by atoms with van der Waals surface area (Å²) in [5, 5.41) is 0. The maximum Gasteiger partial charge on any atom is 0.419 e.